The Balaban J connectivity index is 2.82. The van der Waals surface area contributed by atoms with Crippen LogP contribution in [0.4, 0.5) is 5.69 Å². The van der Waals surface area contributed by atoms with E-state index in [0.29, 0.717) is 18.5 Å². The molecule has 0 aromatic heterocycles. The van der Waals surface area contributed by atoms with Crippen molar-refractivity contribution in [1.82, 2.24) is 0 Å². The first-order chi connectivity index (χ1) is 7.92. The molecule has 1 rings (SSSR count). The Labute approximate surface area is 101 Å². The summed E-state index contributed by atoms with van der Waals surface area (Å²) < 4.78 is 24.5. The van der Waals surface area contributed by atoms with Gasteiger partial charge in [-0.2, -0.15) is 5.26 Å². The molecule has 5 nitrogen and oxygen atoms in total. The summed E-state index contributed by atoms with van der Waals surface area (Å²) in [5, 5.41) is 8.47. The van der Waals surface area contributed by atoms with Crippen LogP contribution in [0.5, 0.6) is 0 Å². The number of anilines is 1. The predicted molar refractivity (Wildman–Crippen MR) is 66.7 cm³/mol. The van der Waals surface area contributed by atoms with E-state index >= 15 is 0 Å². The highest BCUT2D eigenvalue weighted by Crippen LogP contribution is 2.19. The second kappa shape index (κ2) is 5.66. The van der Waals surface area contributed by atoms with Crippen LogP contribution in [0.3, 0.4) is 0 Å². The fourth-order valence-electron chi connectivity index (χ4n) is 1.43. The second-order valence-corrected chi connectivity index (χ2v) is 5.55. The highest BCUT2D eigenvalue weighted by atomic mass is 32.2. The second-order valence-electron chi connectivity index (χ2n) is 3.80. The van der Waals surface area contributed by atoms with Crippen LogP contribution in [0.15, 0.2) is 24.3 Å². The number of hydrogen-bond donors (Lipinski definition) is 2. The zero-order valence-electron chi connectivity index (χ0n) is 9.55. The minimum Gasteiger partial charge on any atom is -0.324 e. The van der Waals surface area contributed by atoms with Crippen LogP contribution in [0, 0.1) is 11.3 Å². The van der Waals surface area contributed by atoms with Gasteiger partial charge in [0.25, 0.3) is 0 Å². The smallest absolute Gasteiger partial charge is 0.229 e. The molecule has 1 aromatic carbocycles. The van der Waals surface area contributed by atoms with Crippen molar-refractivity contribution in [3.05, 3.63) is 29.8 Å². The van der Waals surface area contributed by atoms with Gasteiger partial charge < -0.3 is 5.73 Å². The van der Waals surface area contributed by atoms with Crippen LogP contribution in [0.25, 0.3) is 0 Å². The molecule has 0 aliphatic carbocycles. The summed E-state index contributed by atoms with van der Waals surface area (Å²) in [5.41, 5.74) is 7.18. The van der Waals surface area contributed by atoms with Crippen molar-refractivity contribution in [2.45, 2.75) is 18.9 Å². The quantitative estimate of drug-likeness (QED) is 0.828. The van der Waals surface area contributed by atoms with E-state index in [0.717, 1.165) is 11.8 Å². The number of nitrogens with zero attached hydrogens (tertiary/aromatic N) is 1. The molecule has 0 amide bonds. The van der Waals surface area contributed by atoms with E-state index in [9.17, 15) is 8.42 Å². The van der Waals surface area contributed by atoms with Crippen molar-refractivity contribution in [2.75, 3.05) is 11.0 Å². The molecule has 0 heterocycles. The SMILES string of the molecule is CS(=O)(=O)Nc1cccc([C@@H](N)CCC#N)c1. The normalized spacial score (nSPS) is 12.8. The lowest BCUT2D eigenvalue weighted by atomic mass is 10.0. The Bertz CT molecular complexity index is 520. The molecule has 0 saturated carbocycles. The van der Waals surface area contributed by atoms with Gasteiger partial charge in [-0.25, -0.2) is 8.42 Å². The molecule has 1 atom stereocenters. The summed E-state index contributed by atoms with van der Waals surface area (Å²) in [6.45, 7) is 0. The molecule has 0 radical (unpaired) electrons. The van der Waals surface area contributed by atoms with Gasteiger partial charge in [-0.15, -0.1) is 0 Å². The largest absolute Gasteiger partial charge is 0.324 e. The average Bonchev–Trinajstić information content (AvgIpc) is 2.24. The van der Waals surface area contributed by atoms with Crippen LogP contribution in [-0.2, 0) is 10.0 Å². The zero-order chi connectivity index (χ0) is 12.9. The molecule has 0 fully saturated rings. The lowest BCUT2D eigenvalue weighted by Crippen LogP contribution is -2.12. The number of rotatable bonds is 5. The van der Waals surface area contributed by atoms with Crippen LogP contribution in [0.1, 0.15) is 24.4 Å². The molecule has 3 N–H and O–H groups in total. The summed E-state index contributed by atoms with van der Waals surface area (Å²) in [7, 11) is -3.28. The van der Waals surface area contributed by atoms with Gasteiger partial charge in [-0.3, -0.25) is 4.72 Å². The van der Waals surface area contributed by atoms with Gasteiger partial charge in [0.15, 0.2) is 0 Å². The monoisotopic (exact) mass is 253 g/mol. The summed E-state index contributed by atoms with van der Waals surface area (Å²) >= 11 is 0. The fourth-order valence-corrected chi connectivity index (χ4v) is 1.99. The Morgan fingerprint density at radius 3 is 2.82 bits per heavy atom. The van der Waals surface area contributed by atoms with Crippen molar-refractivity contribution < 1.29 is 8.42 Å². The number of nitrogens with two attached hydrogens (primary N) is 1. The summed E-state index contributed by atoms with van der Waals surface area (Å²) in [6, 6.07) is 8.66. The molecule has 0 aliphatic rings. The molecular weight excluding hydrogens is 238 g/mol. The molecule has 0 spiro atoms. The Hall–Kier alpha value is -1.58. The standard InChI is InChI=1S/C11H15N3O2S/c1-17(15,16)14-10-5-2-4-9(8-10)11(13)6-3-7-12/h2,4-5,8,11,14H,3,6,13H2,1H3/t11-/m0/s1. The maximum absolute atomic E-state index is 11.1. The topological polar surface area (TPSA) is 96.0 Å². The first-order valence-electron chi connectivity index (χ1n) is 5.12. The Morgan fingerprint density at radius 2 is 2.24 bits per heavy atom. The molecule has 0 saturated heterocycles. The summed E-state index contributed by atoms with van der Waals surface area (Å²) in [4.78, 5) is 0. The van der Waals surface area contributed by atoms with E-state index in [-0.39, 0.29) is 6.04 Å². The van der Waals surface area contributed by atoms with Crippen molar-refractivity contribution in [3.63, 3.8) is 0 Å². The predicted octanol–water partition coefficient (Wildman–Crippen LogP) is 1.36. The average molecular weight is 253 g/mol. The van der Waals surface area contributed by atoms with Crippen LogP contribution in [-0.4, -0.2) is 14.7 Å². The highest BCUT2D eigenvalue weighted by molar-refractivity contribution is 7.92. The highest BCUT2D eigenvalue weighted by Gasteiger charge is 2.07. The molecule has 17 heavy (non-hydrogen) atoms. The summed E-state index contributed by atoms with van der Waals surface area (Å²) in [6.07, 6.45) is 2.03. The van der Waals surface area contributed by atoms with Crippen molar-refractivity contribution in [2.24, 2.45) is 5.73 Å². The van der Waals surface area contributed by atoms with Gasteiger partial charge in [-0.1, -0.05) is 12.1 Å². The Kier molecular flexibility index (Phi) is 4.49. The van der Waals surface area contributed by atoms with Crippen LogP contribution < -0.4 is 10.5 Å². The maximum atomic E-state index is 11.1. The van der Waals surface area contributed by atoms with E-state index in [4.69, 9.17) is 11.0 Å². The van der Waals surface area contributed by atoms with Crippen molar-refractivity contribution in [3.8, 4) is 6.07 Å². The third kappa shape index (κ3) is 4.85. The van der Waals surface area contributed by atoms with Gasteiger partial charge >= 0.3 is 0 Å². The molecule has 0 unspecified atom stereocenters. The van der Waals surface area contributed by atoms with E-state index < -0.39 is 10.0 Å². The van der Waals surface area contributed by atoms with Gasteiger partial charge in [0.05, 0.1) is 12.3 Å². The van der Waals surface area contributed by atoms with Gasteiger partial charge in [-0.05, 0) is 24.1 Å². The summed E-state index contributed by atoms with van der Waals surface area (Å²) in [5.74, 6) is 0. The van der Waals surface area contributed by atoms with Gasteiger partial charge in [0.2, 0.25) is 10.0 Å². The zero-order valence-corrected chi connectivity index (χ0v) is 10.4. The molecule has 1 aromatic rings. The van der Waals surface area contributed by atoms with Crippen molar-refractivity contribution >= 4 is 15.7 Å². The molecule has 0 aliphatic heterocycles. The number of hydrogen-bond acceptors (Lipinski definition) is 4. The number of nitrogens with one attached hydrogen (secondary N) is 1. The molecule has 0 bridgehead atoms. The third-order valence-electron chi connectivity index (χ3n) is 2.19. The van der Waals surface area contributed by atoms with Crippen LogP contribution >= 0.6 is 0 Å². The van der Waals surface area contributed by atoms with Crippen LogP contribution in [0.2, 0.25) is 0 Å². The van der Waals surface area contributed by atoms with E-state index in [1.54, 1.807) is 18.2 Å². The first kappa shape index (κ1) is 13.5. The van der Waals surface area contributed by atoms with E-state index in [2.05, 4.69) is 4.72 Å². The van der Waals surface area contributed by atoms with Gasteiger partial charge in [0, 0.05) is 18.2 Å². The van der Waals surface area contributed by atoms with E-state index in [1.807, 2.05) is 12.1 Å². The molecule has 92 valence electrons. The lowest BCUT2D eigenvalue weighted by Gasteiger charge is -2.12. The lowest BCUT2D eigenvalue weighted by molar-refractivity contribution is 0.606. The van der Waals surface area contributed by atoms with Crippen molar-refractivity contribution in [1.29, 1.82) is 5.26 Å². The first-order valence-corrected chi connectivity index (χ1v) is 7.02. The maximum Gasteiger partial charge on any atom is 0.229 e. The minimum absolute atomic E-state index is 0.254. The van der Waals surface area contributed by atoms with Gasteiger partial charge in [0.1, 0.15) is 0 Å². The van der Waals surface area contributed by atoms with E-state index in [1.165, 1.54) is 0 Å². The molecular formula is C11H15N3O2S. The third-order valence-corrected chi connectivity index (χ3v) is 2.79. The molecule has 6 heteroatoms. The number of sulfonamides is 1. The fraction of sp³-hybridized carbons (Fsp3) is 0.364. The Morgan fingerprint density at radius 1 is 1.53 bits per heavy atom. The number of nitriles is 1. The number of benzene rings is 1. The minimum atomic E-state index is -3.28.